The second-order valence-electron chi connectivity index (χ2n) is 9.52. The Bertz CT molecular complexity index is 1220. The summed E-state index contributed by atoms with van der Waals surface area (Å²) < 4.78 is 8.48. The maximum absolute atomic E-state index is 13.2. The van der Waals surface area contributed by atoms with Crippen LogP contribution in [0.4, 0.5) is 5.82 Å². The fourth-order valence-corrected chi connectivity index (χ4v) is 5.74. The van der Waals surface area contributed by atoms with Crippen LogP contribution in [0.3, 0.4) is 0 Å². The van der Waals surface area contributed by atoms with Crippen LogP contribution in [0.25, 0.3) is 0 Å². The van der Waals surface area contributed by atoms with Gasteiger partial charge < -0.3 is 25.7 Å². The quantitative estimate of drug-likeness (QED) is 0.479. The second-order valence-corrected chi connectivity index (χ2v) is 11.0. The van der Waals surface area contributed by atoms with Gasteiger partial charge in [-0.25, -0.2) is 9.97 Å². The molecule has 0 saturated heterocycles. The molecule has 0 bridgehead atoms. The molecule has 4 amide bonds. The Balaban J connectivity index is 1.50. The van der Waals surface area contributed by atoms with Crippen LogP contribution in [0.15, 0.2) is 18.3 Å². The molecule has 3 heterocycles. The van der Waals surface area contributed by atoms with E-state index in [0.717, 1.165) is 30.1 Å². The SMILES string of the molecule is [2H]N(C(=O)C(=O)Nc1ccc(Cl)cn1)[C@H]1CC[C@H](C(=O)N(C)C)C[C@H]1NC(=O)c1nc2c(s1)CN(C)CC2. The van der Waals surface area contributed by atoms with Gasteiger partial charge in [0.25, 0.3) is 5.91 Å². The molecule has 37 heavy (non-hydrogen) atoms. The van der Waals surface area contributed by atoms with Crippen molar-refractivity contribution < 1.29 is 20.6 Å². The van der Waals surface area contributed by atoms with Crippen molar-refractivity contribution in [1.82, 2.24) is 30.4 Å². The number of anilines is 1. The zero-order chi connectivity index (χ0) is 27.6. The molecule has 0 unspecified atom stereocenters. The number of hydrogen-bond acceptors (Lipinski definition) is 8. The van der Waals surface area contributed by atoms with Crippen molar-refractivity contribution in [1.29, 1.82) is 0 Å². The molecule has 2 aliphatic rings. The highest BCUT2D eigenvalue weighted by atomic mass is 35.5. The zero-order valence-corrected chi connectivity index (χ0v) is 22.4. The lowest BCUT2D eigenvalue weighted by Gasteiger charge is -2.37. The van der Waals surface area contributed by atoms with Crippen LogP contribution in [0.5, 0.6) is 0 Å². The predicted octanol–water partition coefficient (Wildman–Crippen LogP) is 1.29. The topological polar surface area (TPSA) is 137 Å². The Morgan fingerprint density at radius 3 is 2.68 bits per heavy atom. The maximum atomic E-state index is 13.2. The Labute approximate surface area is 225 Å². The summed E-state index contributed by atoms with van der Waals surface area (Å²) in [4.78, 5) is 64.5. The first-order valence-corrected chi connectivity index (χ1v) is 13.2. The van der Waals surface area contributed by atoms with Gasteiger partial charge in [-0.15, -0.1) is 11.3 Å². The highest BCUT2D eigenvalue weighted by molar-refractivity contribution is 7.13. The van der Waals surface area contributed by atoms with Crippen LogP contribution < -0.4 is 15.9 Å². The molecular weight excluding hydrogens is 518 g/mol. The Kier molecular flexibility index (Phi) is 7.96. The van der Waals surface area contributed by atoms with E-state index in [1.807, 2.05) is 7.05 Å². The second kappa shape index (κ2) is 11.5. The van der Waals surface area contributed by atoms with Gasteiger partial charge in [0, 0.05) is 56.6 Å². The van der Waals surface area contributed by atoms with Gasteiger partial charge in [0.2, 0.25) is 5.91 Å². The van der Waals surface area contributed by atoms with Gasteiger partial charge in [-0.2, -0.15) is 0 Å². The van der Waals surface area contributed by atoms with Gasteiger partial charge in [-0.1, -0.05) is 11.6 Å². The minimum Gasteiger partial charge on any atom is -0.349 e. The normalized spacial score (nSPS) is 21.8. The van der Waals surface area contributed by atoms with Crippen molar-refractivity contribution in [2.75, 3.05) is 33.0 Å². The smallest absolute Gasteiger partial charge is 0.314 e. The van der Waals surface area contributed by atoms with E-state index in [9.17, 15) is 19.2 Å². The van der Waals surface area contributed by atoms with E-state index in [4.69, 9.17) is 13.0 Å². The number of likely N-dealkylation sites (N-methyl/N-ethyl adjacent to an activating group) is 1. The molecule has 2 aromatic heterocycles. The van der Waals surface area contributed by atoms with Crippen LogP contribution in [-0.4, -0.2) is 83.2 Å². The van der Waals surface area contributed by atoms with Crippen molar-refractivity contribution in [2.45, 2.75) is 44.3 Å². The van der Waals surface area contributed by atoms with Gasteiger partial charge in [-0.3, -0.25) is 19.2 Å². The van der Waals surface area contributed by atoms with E-state index in [1.54, 1.807) is 14.1 Å². The van der Waals surface area contributed by atoms with Crippen molar-refractivity contribution >= 4 is 52.4 Å². The van der Waals surface area contributed by atoms with Gasteiger partial charge in [0.05, 0.1) is 16.8 Å². The summed E-state index contributed by atoms with van der Waals surface area (Å²) >= 11 is 7.13. The largest absolute Gasteiger partial charge is 0.349 e. The fourth-order valence-electron chi connectivity index (χ4n) is 4.53. The summed E-state index contributed by atoms with van der Waals surface area (Å²) in [5, 5.41) is 6.54. The number of carbonyl (C=O) groups excluding carboxylic acids is 4. The summed E-state index contributed by atoms with van der Waals surface area (Å²) in [6, 6.07) is 1.41. The number of amides is 4. The third-order valence-corrected chi connectivity index (χ3v) is 7.79. The molecule has 1 aliphatic heterocycles. The summed E-state index contributed by atoms with van der Waals surface area (Å²) in [6.45, 7) is 1.58. The molecule has 0 spiro atoms. The number of carbonyl (C=O) groups is 4. The van der Waals surface area contributed by atoms with Gasteiger partial charge >= 0.3 is 11.8 Å². The lowest BCUT2D eigenvalue weighted by molar-refractivity contribution is -0.137. The third kappa shape index (κ3) is 6.62. The van der Waals surface area contributed by atoms with Crippen molar-refractivity contribution in [3.8, 4) is 0 Å². The molecule has 4 rings (SSSR count). The highest BCUT2D eigenvalue weighted by Crippen LogP contribution is 2.28. The molecule has 3 N–H and O–H groups in total. The van der Waals surface area contributed by atoms with E-state index in [2.05, 4.69) is 25.5 Å². The van der Waals surface area contributed by atoms with E-state index in [-0.39, 0.29) is 30.5 Å². The molecule has 2 aromatic rings. The van der Waals surface area contributed by atoms with Crippen LogP contribution in [0, 0.1) is 5.92 Å². The van der Waals surface area contributed by atoms with Crippen molar-refractivity contribution in [3.63, 3.8) is 0 Å². The van der Waals surface area contributed by atoms with Gasteiger partial charge in [0.1, 0.15) is 5.82 Å². The molecule has 1 fully saturated rings. The Hall–Kier alpha value is -3.09. The first-order valence-electron chi connectivity index (χ1n) is 12.4. The Morgan fingerprint density at radius 1 is 1.19 bits per heavy atom. The van der Waals surface area contributed by atoms with Crippen molar-refractivity contribution in [3.05, 3.63) is 38.9 Å². The molecule has 1 saturated carbocycles. The lowest BCUT2D eigenvalue weighted by Crippen LogP contribution is -2.57. The molecule has 13 heteroatoms. The average Bonchev–Trinajstić information content (AvgIpc) is 3.32. The fraction of sp³-hybridized carbons (Fsp3) is 0.500. The number of halogens is 1. The number of fused-ring (bicyclic) bond motifs is 1. The number of thiazole rings is 1. The molecular formula is C24H30ClN7O4S. The van der Waals surface area contributed by atoms with Crippen LogP contribution in [0.1, 0.15) is 39.6 Å². The number of pyridine rings is 1. The average molecular weight is 549 g/mol. The van der Waals surface area contributed by atoms with Gasteiger partial charge in [-0.05, 0) is 38.4 Å². The monoisotopic (exact) mass is 548 g/mol. The first-order chi connectivity index (χ1) is 18.0. The van der Waals surface area contributed by atoms with Crippen LogP contribution in [-0.2, 0) is 27.3 Å². The molecule has 1 aliphatic carbocycles. The van der Waals surface area contributed by atoms with Crippen LogP contribution in [0.2, 0.25) is 6.43 Å². The number of aromatic nitrogens is 2. The predicted molar refractivity (Wildman–Crippen MR) is 139 cm³/mol. The van der Waals surface area contributed by atoms with E-state index in [0.29, 0.717) is 21.8 Å². The minimum absolute atomic E-state index is 0.0927. The first kappa shape index (κ1) is 25.6. The minimum atomic E-state index is -1.10. The molecule has 0 aromatic carbocycles. The maximum Gasteiger partial charge on any atom is 0.314 e. The number of nitrogens with zero attached hydrogens (tertiary/aromatic N) is 4. The van der Waals surface area contributed by atoms with Crippen LogP contribution >= 0.6 is 22.9 Å². The zero-order valence-electron chi connectivity index (χ0n) is 21.9. The molecule has 0 radical (unpaired) electrons. The van der Waals surface area contributed by atoms with E-state index in [1.165, 1.54) is 34.6 Å². The summed E-state index contributed by atoms with van der Waals surface area (Å²) in [5.74, 6) is -2.93. The summed E-state index contributed by atoms with van der Waals surface area (Å²) in [7, 11) is 5.33. The highest BCUT2D eigenvalue weighted by Gasteiger charge is 2.37. The Morgan fingerprint density at radius 2 is 1.97 bits per heavy atom. The number of rotatable bonds is 5. The molecule has 198 valence electrons. The standard InChI is InChI=1S/C24H30ClN7O4S/c1-31(2)24(36)13-4-6-15(27-20(33)21(34)30-19-7-5-14(25)11-26-19)17(10-13)28-22(35)23-29-16-8-9-32(3)12-18(16)37-23/h5,7,11,13,15,17H,4,6,8-10,12H2,1-3H3,(H,27,33)(H,28,35)(H,26,30,34)/t13-,15-,17+/m0/s1/i/hD. The lowest BCUT2D eigenvalue weighted by atomic mass is 9.81. The molecule has 3 atom stereocenters. The van der Waals surface area contributed by atoms with E-state index < -0.39 is 29.8 Å². The third-order valence-electron chi connectivity index (χ3n) is 6.48. The number of nitrogens with one attached hydrogen (secondary N) is 3. The summed E-state index contributed by atoms with van der Waals surface area (Å²) in [5.41, 5.74) is 0.906. The summed E-state index contributed by atoms with van der Waals surface area (Å²) in [6.07, 6.45) is 2.98. The molecule has 11 nitrogen and oxygen atoms in total. The van der Waals surface area contributed by atoms with Crippen molar-refractivity contribution in [2.24, 2.45) is 5.92 Å². The van der Waals surface area contributed by atoms with E-state index >= 15 is 0 Å². The van der Waals surface area contributed by atoms with Gasteiger partial charge in [0.15, 0.2) is 6.42 Å². The number of hydrogen-bond donors (Lipinski definition) is 3.